The third kappa shape index (κ3) is 2.60. The Bertz CT molecular complexity index is 533. The smallest absolute Gasteiger partial charge is 0.0843 e. The second-order valence-corrected chi connectivity index (χ2v) is 9.68. The summed E-state index contributed by atoms with van der Waals surface area (Å²) in [6, 6.07) is 4.43. The normalized spacial score (nSPS) is 16.6. The SMILES string of the molecule is NC(c1cc(Br)c(Br)s1)c1cc2c(s1)CCSC2. The van der Waals surface area contributed by atoms with E-state index in [0.29, 0.717) is 0 Å². The third-order valence-electron chi connectivity index (χ3n) is 2.92. The average Bonchev–Trinajstić information content (AvgIpc) is 2.93. The van der Waals surface area contributed by atoms with Crippen LogP contribution >= 0.6 is 66.3 Å². The zero-order valence-electron chi connectivity index (χ0n) is 9.41. The van der Waals surface area contributed by atoms with E-state index in [1.54, 1.807) is 11.3 Å². The van der Waals surface area contributed by atoms with E-state index in [9.17, 15) is 0 Å². The highest BCUT2D eigenvalue weighted by Crippen LogP contribution is 2.40. The van der Waals surface area contributed by atoms with Crippen LogP contribution in [0.5, 0.6) is 0 Å². The zero-order valence-corrected chi connectivity index (χ0v) is 15.0. The number of aryl methyl sites for hydroxylation is 1. The van der Waals surface area contributed by atoms with Crippen molar-refractivity contribution in [1.29, 1.82) is 0 Å². The molecule has 1 unspecified atom stereocenters. The Morgan fingerprint density at radius 2 is 1.94 bits per heavy atom. The van der Waals surface area contributed by atoms with Crippen LogP contribution in [0.4, 0.5) is 0 Å². The minimum absolute atomic E-state index is 0.0122. The van der Waals surface area contributed by atoms with Gasteiger partial charge in [0.25, 0.3) is 0 Å². The number of hydrogen-bond acceptors (Lipinski definition) is 4. The first-order chi connectivity index (χ1) is 8.65. The molecule has 18 heavy (non-hydrogen) atoms. The van der Waals surface area contributed by atoms with Crippen molar-refractivity contribution >= 4 is 66.3 Å². The van der Waals surface area contributed by atoms with Gasteiger partial charge in [-0.3, -0.25) is 0 Å². The summed E-state index contributed by atoms with van der Waals surface area (Å²) in [6.07, 6.45) is 1.20. The van der Waals surface area contributed by atoms with Crippen LogP contribution in [0.3, 0.4) is 0 Å². The lowest BCUT2D eigenvalue weighted by Crippen LogP contribution is -2.08. The molecular formula is C12H11Br2NS3. The lowest BCUT2D eigenvalue weighted by molar-refractivity contribution is 0.915. The maximum atomic E-state index is 6.38. The van der Waals surface area contributed by atoms with Crippen LogP contribution < -0.4 is 5.73 Å². The Kier molecular flexibility index (Phi) is 4.23. The van der Waals surface area contributed by atoms with Crippen molar-refractivity contribution < 1.29 is 0 Å². The van der Waals surface area contributed by atoms with Crippen molar-refractivity contribution in [2.75, 3.05) is 5.75 Å². The quantitative estimate of drug-likeness (QED) is 0.719. The summed E-state index contributed by atoms with van der Waals surface area (Å²) in [6.45, 7) is 0. The summed E-state index contributed by atoms with van der Waals surface area (Å²) in [5.41, 5.74) is 7.88. The van der Waals surface area contributed by atoms with E-state index in [2.05, 4.69) is 44.0 Å². The van der Waals surface area contributed by atoms with Gasteiger partial charge in [0.1, 0.15) is 0 Å². The van der Waals surface area contributed by atoms with Gasteiger partial charge in [-0.15, -0.1) is 22.7 Å². The molecule has 3 heterocycles. The van der Waals surface area contributed by atoms with Gasteiger partial charge < -0.3 is 5.73 Å². The number of nitrogens with two attached hydrogens (primary N) is 1. The van der Waals surface area contributed by atoms with E-state index in [0.717, 1.165) is 14.0 Å². The minimum Gasteiger partial charge on any atom is -0.319 e. The number of halogens is 2. The Balaban J connectivity index is 1.92. The highest BCUT2D eigenvalue weighted by atomic mass is 79.9. The molecule has 96 valence electrons. The Hall–Kier alpha value is 0.670. The molecule has 0 saturated heterocycles. The van der Waals surface area contributed by atoms with E-state index >= 15 is 0 Å². The molecule has 1 nitrogen and oxygen atoms in total. The van der Waals surface area contributed by atoms with Crippen molar-refractivity contribution in [3.8, 4) is 0 Å². The molecule has 3 rings (SSSR count). The van der Waals surface area contributed by atoms with Gasteiger partial charge >= 0.3 is 0 Å². The molecule has 0 bridgehead atoms. The molecule has 0 aliphatic carbocycles. The molecule has 2 aromatic rings. The van der Waals surface area contributed by atoms with Crippen molar-refractivity contribution in [3.63, 3.8) is 0 Å². The fourth-order valence-electron chi connectivity index (χ4n) is 1.98. The molecule has 2 aromatic heterocycles. The molecule has 1 aliphatic heterocycles. The monoisotopic (exact) mass is 423 g/mol. The predicted octanol–water partition coefficient (Wildman–Crippen LogP) is 5.17. The lowest BCUT2D eigenvalue weighted by atomic mass is 10.1. The van der Waals surface area contributed by atoms with E-state index in [4.69, 9.17) is 5.73 Å². The topological polar surface area (TPSA) is 26.0 Å². The summed E-state index contributed by atoms with van der Waals surface area (Å²) in [5.74, 6) is 2.40. The van der Waals surface area contributed by atoms with E-state index < -0.39 is 0 Å². The Morgan fingerprint density at radius 1 is 1.17 bits per heavy atom. The molecule has 0 fully saturated rings. The number of thioether (sulfide) groups is 1. The van der Waals surface area contributed by atoms with Crippen LogP contribution in [0, 0.1) is 0 Å². The average molecular weight is 425 g/mol. The van der Waals surface area contributed by atoms with Gasteiger partial charge in [-0.05, 0) is 61.7 Å². The molecular weight excluding hydrogens is 414 g/mol. The van der Waals surface area contributed by atoms with E-state index in [1.807, 2.05) is 23.1 Å². The Labute approximate surface area is 135 Å². The molecule has 2 N–H and O–H groups in total. The second kappa shape index (κ2) is 5.58. The molecule has 0 saturated carbocycles. The van der Waals surface area contributed by atoms with E-state index in [-0.39, 0.29) is 6.04 Å². The van der Waals surface area contributed by atoms with Crippen molar-refractivity contribution in [2.45, 2.75) is 18.2 Å². The molecule has 0 spiro atoms. The van der Waals surface area contributed by atoms with Crippen LogP contribution in [0.2, 0.25) is 0 Å². The van der Waals surface area contributed by atoms with Gasteiger partial charge in [0.2, 0.25) is 0 Å². The van der Waals surface area contributed by atoms with Gasteiger partial charge in [0, 0.05) is 24.9 Å². The first kappa shape index (κ1) is 13.6. The molecule has 0 radical (unpaired) electrons. The number of fused-ring (bicyclic) bond motifs is 1. The van der Waals surface area contributed by atoms with Crippen LogP contribution in [-0.2, 0) is 12.2 Å². The van der Waals surface area contributed by atoms with Crippen LogP contribution in [-0.4, -0.2) is 5.75 Å². The standard InChI is InChI=1S/C12H11Br2NS3/c13-7-4-10(18-12(7)14)11(15)9-3-6-5-16-2-1-8(6)17-9/h3-4,11H,1-2,5,15H2. The van der Waals surface area contributed by atoms with Crippen molar-refractivity contribution in [1.82, 2.24) is 0 Å². The summed E-state index contributed by atoms with van der Waals surface area (Å²) in [4.78, 5) is 4.04. The second-order valence-electron chi connectivity index (χ2n) is 4.15. The summed E-state index contributed by atoms with van der Waals surface area (Å²) in [5, 5.41) is 0. The summed E-state index contributed by atoms with van der Waals surface area (Å²) < 4.78 is 2.21. The fraction of sp³-hybridized carbons (Fsp3) is 0.333. The maximum Gasteiger partial charge on any atom is 0.0843 e. The summed E-state index contributed by atoms with van der Waals surface area (Å²) >= 11 is 12.7. The lowest BCUT2D eigenvalue weighted by Gasteiger charge is -2.08. The van der Waals surface area contributed by atoms with Gasteiger partial charge in [0.05, 0.1) is 9.83 Å². The molecule has 1 aliphatic rings. The number of hydrogen-bond donors (Lipinski definition) is 1. The Morgan fingerprint density at radius 3 is 2.61 bits per heavy atom. The molecule has 0 aromatic carbocycles. The number of thiophene rings is 2. The summed E-state index contributed by atoms with van der Waals surface area (Å²) in [7, 11) is 0. The van der Waals surface area contributed by atoms with Crippen LogP contribution in [0.1, 0.15) is 26.2 Å². The molecule has 0 amide bonds. The van der Waals surface area contributed by atoms with Gasteiger partial charge in [0.15, 0.2) is 0 Å². The van der Waals surface area contributed by atoms with Crippen LogP contribution in [0.15, 0.2) is 20.4 Å². The minimum atomic E-state index is 0.0122. The highest BCUT2D eigenvalue weighted by Gasteiger charge is 2.20. The zero-order chi connectivity index (χ0) is 12.7. The van der Waals surface area contributed by atoms with Crippen molar-refractivity contribution in [3.05, 3.63) is 40.6 Å². The first-order valence-electron chi connectivity index (χ1n) is 5.54. The van der Waals surface area contributed by atoms with Gasteiger partial charge in [-0.1, -0.05) is 0 Å². The van der Waals surface area contributed by atoms with Crippen LogP contribution in [0.25, 0.3) is 0 Å². The molecule has 6 heteroatoms. The van der Waals surface area contributed by atoms with Gasteiger partial charge in [-0.2, -0.15) is 11.8 Å². The maximum absolute atomic E-state index is 6.38. The number of rotatable bonds is 2. The van der Waals surface area contributed by atoms with Crippen molar-refractivity contribution in [2.24, 2.45) is 5.73 Å². The largest absolute Gasteiger partial charge is 0.319 e. The van der Waals surface area contributed by atoms with E-state index in [1.165, 1.54) is 32.4 Å². The predicted molar refractivity (Wildman–Crippen MR) is 89.9 cm³/mol. The first-order valence-corrected chi connectivity index (χ1v) is 9.92. The third-order valence-corrected chi connectivity index (χ3v) is 8.59. The van der Waals surface area contributed by atoms with Gasteiger partial charge in [-0.25, -0.2) is 0 Å². The molecule has 1 atom stereocenters. The fourth-order valence-corrected chi connectivity index (χ4v) is 6.56. The highest BCUT2D eigenvalue weighted by molar-refractivity contribution is 9.13.